The van der Waals surface area contributed by atoms with Crippen molar-refractivity contribution in [2.24, 2.45) is 0 Å². The predicted molar refractivity (Wildman–Crippen MR) is 78.9 cm³/mol. The summed E-state index contributed by atoms with van der Waals surface area (Å²) in [6.07, 6.45) is 7.28. The normalized spacial score (nSPS) is 23.2. The first-order chi connectivity index (χ1) is 9.58. The van der Waals surface area contributed by atoms with Gasteiger partial charge in [-0.15, -0.1) is 0 Å². The summed E-state index contributed by atoms with van der Waals surface area (Å²) in [4.78, 5) is 19.4. The zero-order valence-electron chi connectivity index (χ0n) is 12.3. The summed E-state index contributed by atoms with van der Waals surface area (Å²) < 4.78 is 1.93. The molecule has 0 N–H and O–H groups in total. The van der Waals surface area contributed by atoms with E-state index in [0.717, 1.165) is 24.2 Å². The van der Waals surface area contributed by atoms with E-state index >= 15 is 0 Å². The number of aryl methyl sites for hydroxylation is 1. The molecule has 0 aliphatic carbocycles. The van der Waals surface area contributed by atoms with Crippen molar-refractivity contribution in [3.8, 4) is 0 Å². The van der Waals surface area contributed by atoms with Crippen LogP contribution in [-0.2, 0) is 0 Å². The molecule has 0 aromatic carbocycles. The molecule has 106 valence electrons. The number of fused-ring (bicyclic) bond motifs is 1. The fourth-order valence-corrected chi connectivity index (χ4v) is 3.26. The van der Waals surface area contributed by atoms with Gasteiger partial charge in [0.2, 0.25) is 0 Å². The highest BCUT2D eigenvalue weighted by Crippen LogP contribution is 2.25. The van der Waals surface area contributed by atoms with Gasteiger partial charge in [0.25, 0.3) is 5.91 Å². The first-order valence-electron chi connectivity index (χ1n) is 7.35. The Morgan fingerprint density at radius 3 is 2.70 bits per heavy atom. The molecule has 1 fully saturated rings. The number of pyridine rings is 1. The van der Waals surface area contributed by atoms with Crippen LogP contribution in [0, 0.1) is 6.92 Å². The maximum Gasteiger partial charge on any atom is 0.258 e. The number of piperidine rings is 1. The third-order valence-corrected chi connectivity index (χ3v) is 4.26. The molecule has 4 heteroatoms. The lowest BCUT2D eigenvalue weighted by Gasteiger charge is -2.39. The summed E-state index contributed by atoms with van der Waals surface area (Å²) in [6.45, 7) is 6.24. The number of likely N-dealkylation sites (tertiary alicyclic amines) is 1. The molecule has 0 radical (unpaired) electrons. The number of imidazole rings is 1. The minimum atomic E-state index is 0.112. The van der Waals surface area contributed by atoms with E-state index in [0.29, 0.717) is 17.6 Å². The molecule has 0 spiro atoms. The lowest BCUT2D eigenvalue weighted by atomic mass is 9.96. The number of hydrogen-bond donors (Lipinski definition) is 0. The van der Waals surface area contributed by atoms with E-state index < -0.39 is 0 Å². The third kappa shape index (κ3) is 2.09. The number of aromatic nitrogens is 2. The molecule has 20 heavy (non-hydrogen) atoms. The standard InChI is InChI=1S/C16H21N3O/c1-11-10-18-9-5-8-14(15(18)17-11)16(20)19-12(2)6-4-7-13(19)3/h5,8-10,12-13H,4,6-7H2,1-3H3. The zero-order valence-corrected chi connectivity index (χ0v) is 12.3. The number of nitrogens with zero attached hydrogens (tertiary/aromatic N) is 3. The van der Waals surface area contributed by atoms with Crippen LogP contribution < -0.4 is 0 Å². The maximum atomic E-state index is 12.9. The number of carbonyl (C=O) groups excluding carboxylic acids is 1. The summed E-state index contributed by atoms with van der Waals surface area (Å²) in [7, 11) is 0. The van der Waals surface area contributed by atoms with Crippen LogP contribution in [0.4, 0.5) is 0 Å². The van der Waals surface area contributed by atoms with E-state index in [-0.39, 0.29) is 5.91 Å². The highest BCUT2D eigenvalue weighted by molar-refractivity contribution is 6.00. The van der Waals surface area contributed by atoms with Gasteiger partial charge in [-0.1, -0.05) is 0 Å². The van der Waals surface area contributed by atoms with E-state index in [2.05, 4.69) is 18.8 Å². The second kappa shape index (κ2) is 4.93. The number of hydrogen-bond acceptors (Lipinski definition) is 2. The largest absolute Gasteiger partial charge is 0.333 e. The van der Waals surface area contributed by atoms with Crippen LogP contribution in [-0.4, -0.2) is 32.3 Å². The van der Waals surface area contributed by atoms with E-state index in [1.165, 1.54) is 6.42 Å². The average Bonchev–Trinajstić information content (AvgIpc) is 2.78. The van der Waals surface area contributed by atoms with Crippen molar-refractivity contribution in [2.75, 3.05) is 0 Å². The Morgan fingerprint density at radius 2 is 2.00 bits per heavy atom. The van der Waals surface area contributed by atoms with Gasteiger partial charge in [0.15, 0.2) is 0 Å². The number of amides is 1. The Morgan fingerprint density at radius 1 is 1.30 bits per heavy atom. The molecule has 2 aromatic heterocycles. The van der Waals surface area contributed by atoms with E-state index in [9.17, 15) is 4.79 Å². The molecule has 2 unspecified atom stereocenters. The minimum absolute atomic E-state index is 0.112. The van der Waals surface area contributed by atoms with Crippen LogP contribution in [0.15, 0.2) is 24.5 Å². The van der Waals surface area contributed by atoms with Gasteiger partial charge in [0.05, 0.1) is 11.3 Å². The number of carbonyl (C=O) groups is 1. The van der Waals surface area contributed by atoms with Crippen LogP contribution in [0.3, 0.4) is 0 Å². The van der Waals surface area contributed by atoms with Crippen LogP contribution in [0.1, 0.15) is 49.2 Å². The third-order valence-electron chi connectivity index (χ3n) is 4.26. The van der Waals surface area contributed by atoms with Crippen LogP contribution in [0.5, 0.6) is 0 Å². The zero-order chi connectivity index (χ0) is 14.3. The maximum absolute atomic E-state index is 12.9. The van der Waals surface area contributed by atoms with Gasteiger partial charge in [0, 0.05) is 24.5 Å². The topological polar surface area (TPSA) is 37.6 Å². The molecule has 2 atom stereocenters. The summed E-state index contributed by atoms with van der Waals surface area (Å²) in [5, 5.41) is 0. The fourth-order valence-electron chi connectivity index (χ4n) is 3.26. The monoisotopic (exact) mass is 271 g/mol. The smallest absolute Gasteiger partial charge is 0.258 e. The van der Waals surface area contributed by atoms with Crippen molar-refractivity contribution >= 4 is 11.6 Å². The Balaban J connectivity index is 2.03. The summed E-state index contributed by atoms with van der Waals surface area (Å²) in [5.74, 6) is 0.112. The van der Waals surface area contributed by atoms with Gasteiger partial charge >= 0.3 is 0 Å². The highest BCUT2D eigenvalue weighted by Gasteiger charge is 2.30. The quantitative estimate of drug-likeness (QED) is 0.799. The Bertz CT molecular complexity index is 636. The molecule has 2 aromatic rings. The lowest BCUT2D eigenvalue weighted by Crippen LogP contribution is -2.47. The van der Waals surface area contributed by atoms with Gasteiger partial charge in [-0.05, 0) is 52.2 Å². The molecule has 4 nitrogen and oxygen atoms in total. The molecule has 1 aliphatic rings. The second-order valence-electron chi connectivity index (χ2n) is 5.88. The van der Waals surface area contributed by atoms with E-state index in [4.69, 9.17) is 0 Å². The number of rotatable bonds is 1. The van der Waals surface area contributed by atoms with Gasteiger partial charge in [0.1, 0.15) is 5.65 Å². The average molecular weight is 271 g/mol. The van der Waals surface area contributed by atoms with Crippen LogP contribution in [0.25, 0.3) is 5.65 Å². The molecule has 1 saturated heterocycles. The molecule has 0 bridgehead atoms. The van der Waals surface area contributed by atoms with Crippen molar-refractivity contribution in [3.05, 3.63) is 35.8 Å². The highest BCUT2D eigenvalue weighted by atomic mass is 16.2. The van der Waals surface area contributed by atoms with Gasteiger partial charge < -0.3 is 9.30 Å². The Kier molecular flexibility index (Phi) is 3.24. The second-order valence-corrected chi connectivity index (χ2v) is 5.88. The SMILES string of the molecule is Cc1cn2cccc(C(=O)N3C(C)CCCC3C)c2n1. The Hall–Kier alpha value is -1.84. The molecule has 1 aliphatic heterocycles. The molecule has 3 heterocycles. The molecule has 3 rings (SSSR count). The van der Waals surface area contributed by atoms with E-state index in [1.807, 2.05) is 40.8 Å². The first kappa shape index (κ1) is 13.2. The van der Waals surface area contributed by atoms with E-state index in [1.54, 1.807) is 0 Å². The van der Waals surface area contributed by atoms with Gasteiger partial charge in [-0.3, -0.25) is 4.79 Å². The predicted octanol–water partition coefficient (Wildman–Crippen LogP) is 3.05. The molecular weight excluding hydrogens is 250 g/mol. The summed E-state index contributed by atoms with van der Waals surface area (Å²) >= 11 is 0. The van der Waals surface area contributed by atoms with Crippen molar-refractivity contribution < 1.29 is 4.79 Å². The molecule has 0 saturated carbocycles. The lowest BCUT2D eigenvalue weighted by molar-refractivity contribution is 0.0512. The Labute approximate surface area is 119 Å². The fraction of sp³-hybridized carbons (Fsp3) is 0.500. The van der Waals surface area contributed by atoms with Gasteiger partial charge in [-0.25, -0.2) is 4.98 Å². The van der Waals surface area contributed by atoms with Crippen LogP contribution in [0.2, 0.25) is 0 Å². The summed E-state index contributed by atoms with van der Waals surface area (Å²) in [5.41, 5.74) is 2.41. The van der Waals surface area contributed by atoms with Gasteiger partial charge in [-0.2, -0.15) is 0 Å². The van der Waals surface area contributed by atoms with Crippen LogP contribution >= 0.6 is 0 Å². The van der Waals surface area contributed by atoms with Crippen molar-refractivity contribution in [2.45, 2.75) is 52.1 Å². The summed E-state index contributed by atoms with van der Waals surface area (Å²) in [6, 6.07) is 4.42. The van der Waals surface area contributed by atoms with Crippen molar-refractivity contribution in [1.82, 2.24) is 14.3 Å². The van der Waals surface area contributed by atoms with Crippen molar-refractivity contribution in [3.63, 3.8) is 0 Å². The molecular formula is C16H21N3O. The molecule has 1 amide bonds. The van der Waals surface area contributed by atoms with Crippen molar-refractivity contribution in [1.29, 1.82) is 0 Å². The minimum Gasteiger partial charge on any atom is -0.333 e. The first-order valence-corrected chi connectivity index (χ1v) is 7.35.